The number of carboxylic acids is 1. The van der Waals surface area contributed by atoms with Gasteiger partial charge in [-0.1, -0.05) is 6.92 Å². The number of carbonyl (C=O) groups is 2. The predicted molar refractivity (Wildman–Crippen MR) is 78.0 cm³/mol. The van der Waals surface area contributed by atoms with Crippen LogP contribution in [-0.4, -0.2) is 36.2 Å². The monoisotopic (exact) mass is 295 g/mol. The molecule has 2 N–H and O–H groups in total. The highest BCUT2D eigenvalue weighted by molar-refractivity contribution is 5.97. The van der Waals surface area contributed by atoms with Crippen LogP contribution in [0, 0.1) is 0 Å². The lowest BCUT2D eigenvalue weighted by molar-refractivity contribution is -0.139. The normalized spacial score (nSPS) is 11.6. The smallest absolute Gasteiger partial charge is 0.326 e. The molecule has 0 spiro atoms. The van der Waals surface area contributed by atoms with Crippen molar-refractivity contribution in [2.24, 2.45) is 0 Å². The minimum Gasteiger partial charge on any atom is -0.490 e. The summed E-state index contributed by atoms with van der Waals surface area (Å²) in [5.74, 6) is -0.480. The van der Waals surface area contributed by atoms with Crippen LogP contribution in [0.25, 0.3) is 0 Å². The van der Waals surface area contributed by atoms with Crippen molar-refractivity contribution in [2.75, 3.05) is 13.2 Å². The van der Waals surface area contributed by atoms with Crippen molar-refractivity contribution in [2.45, 2.75) is 33.2 Å². The third kappa shape index (κ3) is 4.66. The number of carboxylic acid groups (broad SMARTS) is 1. The largest absolute Gasteiger partial charge is 0.490 e. The van der Waals surface area contributed by atoms with Gasteiger partial charge in [0.25, 0.3) is 5.91 Å². The van der Waals surface area contributed by atoms with E-state index in [9.17, 15) is 9.59 Å². The van der Waals surface area contributed by atoms with Gasteiger partial charge in [-0.05, 0) is 38.5 Å². The van der Waals surface area contributed by atoms with Gasteiger partial charge in [-0.2, -0.15) is 0 Å². The van der Waals surface area contributed by atoms with Crippen LogP contribution >= 0.6 is 0 Å². The van der Waals surface area contributed by atoms with Crippen LogP contribution in [0.4, 0.5) is 0 Å². The lowest BCUT2D eigenvalue weighted by Gasteiger charge is -2.14. The van der Waals surface area contributed by atoms with Gasteiger partial charge in [-0.15, -0.1) is 0 Å². The Morgan fingerprint density at radius 1 is 1.14 bits per heavy atom. The predicted octanol–water partition coefficient (Wildman–Crippen LogP) is 2.08. The molecule has 0 saturated carbocycles. The number of rotatable bonds is 8. The van der Waals surface area contributed by atoms with Gasteiger partial charge in [0.2, 0.25) is 0 Å². The molecule has 116 valence electrons. The number of hydrogen-bond donors (Lipinski definition) is 2. The Balaban J connectivity index is 2.94. The first-order chi connectivity index (χ1) is 10.0. The molecule has 0 aliphatic heterocycles. The first-order valence-corrected chi connectivity index (χ1v) is 6.96. The van der Waals surface area contributed by atoms with Gasteiger partial charge in [-0.3, -0.25) is 4.79 Å². The lowest BCUT2D eigenvalue weighted by Crippen LogP contribution is -2.40. The average molecular weight is 295 g/mol. The highest BCUT2D eigenvalue weighted by Crippen LogP contribution is 2.28. The van der Waals surface area contributed by atoms with Crippen LogP contribution in [0.3, 0.4) is 0 Å². The van der Waals surface area contributed by atoms with E-state index in [1.807, 2.05) is 13.8 Å². The standard InChI is InChI=1S/C15H21NO5/c1-4-11(15(18)19)16-14(17)10-7-8-12(20-5-2)13(9-10)21-6-3/h7-9,11H,4-6H2,1-3H3,(H,16,17)(H,18,19)/t11-/m0/s1. The Morgan fingerprint density at radius 2 is 1.76 bits per heavy atom. The van der Waals surface area contributed by atoms with Crippen molar-refractivity contribution in [1.82, 2.24) is 5.32 Å². The maximum absolute atomic E-state index is 12.1. The molecule has 0 aliphatic carbocycles. The molecule has 0 saturated heterocycles. The second-order valence-electron chi connectivity index (χ2n) is 4.30. The first-order valence-electron chi connectivity index (χ1n) is 6.96. The van der Waals surface area contributed by atoms with Gasteiger partial charge in [0, 0.05) is 5.56 Å². The molecular weight excluding hydrogens is 274 g/mol. The Labute approximate surface area is 124 Å². The molecule has 0 aromatic heterocycles. The van der Waals surface area contributed by atoms with Crippen molar-refractivity contribution in [1.29, 1.82) is 0 Å². The molecule has 21 heavy (non-hydrogen) atoms. The molecule has 0 aliphatic rings. The van der Waals surface area contributed by atoms with Crippen molar-refractivity contribution in [3.05, 3.63) is 23.8 Å². The highest BCUT2D eigenvalue weighted by Gasteiger charge is 2.19. The van der Waals surface area contributed by atoms with E-state index in [4.69, 9.17) is 14.6 Å². The van der Waals surface area contributed by atoms with E-state index in [2.05, 4.69) is 5.32 Å². The van der Waals surface area contributed by atoms with E-state index >= 15 is 0 Å². The lowest BCUT2D eigenvalue weighted by atomic mass is 10.1. The number of benzene rings is 1. The number of amides is 1. The van der Waals surface area contributed by atoms with E-state index in [0.29, 0.717) is 36.7 Å². The zero-order chi connectivity index (χ0) is 15.8. The summed E-state index contributed by atoms with van der Waals surface area (Å²) in [6.07, 6.45) is 0.316. The Bertz CT molecular complexity index is 501. The average Bonchev–Trinajstić information content (AvgIpc) is 2.46. The molecule has 0 unspecified atom stereocenters. The molecule has 6 heteroatoms. The second-order valence-corrected chi connectivity index (χ2v) is 4.30. The summed E-state index contributed by atoms with van der Waals surface area (Å²) in [6, 6.07) is 3.88. The molecule has 1 amide bonds. The zero-order valence-corrected chi connectivity index (χ0v) is 12.5. The minimum atomic E-state index is -1.05. The number of hydrogen-bond acceptors (Lipinski definition) is 4. The highest BCUT2D eigenvalue weighted by atomic mass is 16.5. The molecule has 1 rings (SSSR count). The molecular formula is C15H21NO5. The minimum absolute atomic E-state index is 0.316. The maximum atomic E-state index is 12.1. The van der Waals surface area contributed by atoms with Gasteiger partial charge in [0.1, 0.15) is 6.04 Å². The van der Waals surface area contributed by atoms with Crippen LogP contribution in [0.15, 0.2) is 18.2 Å². The van der Waals surface area contributed by atoms with Crippen LogP contribution in [0.2, 0.25) is 0 Å². The van der Waals surface area contributed by atoms with Crippen molar-refractivity contribution in [3.8, 4) is 11.5 Å². The van der Waals surface area contributed by atoms with E-state index in [1.165, 1.54) is 0 Å². The number of nitrogens with one attached hydrogen (secondary N) is 1. The molecule has 1 aromatic carbocycles. The van der Waals surface area contributed by atoms with Gasteiger partial charge < -0.3 is 19.9 Å². The Kier molecular flexibility index (Phi) is 6.52. The molecule has 0 fully saturated rings. The van der Waals surface area contributed by atoms with Gasteiger partial charge in [-0.25, -0.2) is 4.79 Å². The molecule has 1 aromatic rings. The maximum Gasteiger partial charge on any atom is 0.326 e. The molecule has 0 heterocycles. The summed E-state index contributed by atoms with van der Waals surface area (Å²) in [6.45, 7) is 6.32. The summed E-state index contributed by atoms with van der Waals surface area (Å²) in [7, 11) is 0. The zero-order valence-electron chi connectivity index (χ0n) is 12.5. The molecule has 0 radical (unpaired) electrons. The van der Waals surface area contributed by atoms with Gasteiger partial charge in [0.05, 0.1) is 13.2 Å². The number of aliphatic carboxylic acids is 1. The van der Waals surface area contributed by atoms with E-state index in [0.717, 1.165) is 0 Å². The van der Waals surface area contributed by atoms with Crippen molar-refractivity contribution >= 4 is 11.9 Å². The van der Waals surface area contributed by atoms with Crippen LogP contribution in [0.5, 0.6) is 11.5 Å². The third-order valence-corrected chi connectivity index (χ3v) is 2.82. The molecule has 0 bridgehead atoms. The van der Waals surface area contributed by atoms with Crippen LogP contribution in [-0.2, 0) is 4.79 Å². The van der Waals surface area contributed by atoms with Crippen molar-refractivity contribution in [3.63, 3.8) is 0 Å². The summed E-state index contributed by atoms with van der Waals surface area (Å²) in [5.41, 5.74) is 0.335. The number of ether oxygens (including phenoxy) is 2. The topological polar surface area (TPSA) is 84.9 Å². The van der Waals surface area contributed by atoms with Crippen molar-refractivity contribution < 1.29 is 24.2 Å². The summed E-state index contributed by atoms with van der Waals surface area (Å²) in [5, 5.41) is 11.4. The van der Waals surface area contributed by atoms with Crippen LogP contribution in [0.1, 0.15) is 37.6 Å². The SMILES string of the molecule is CCOc1ccc(C(=O)N[C@@H](CC)C(=O)O)cc1OCC. The fourth-order valence-electron chi connectivity index (χ4n) is 1.77. The second kappa shape index (κ2) is 8.14. The summed E-state index contributed by atoms with van der Waals surface area (Å²) in [4.78, 5) is 23.0. The van der Waals surface area contributed by atoms with E-state index < -0.39 is 17.9 Å². The van der Waals surface area contributed by atoms with Crippen LogP contribution < -0.4 is 14.8 Å². The molecule has 1 atom stereocenters. The Morgan fingerprint density at radius 3 is 2.29 bits per heavy atom. The Hall–Kier alpha value is -2.24. The fraction of sp³-hybridized carbons (Fsp3) is 0.467. The summed E-state index contributed by atoms with van der Waals surface area (Å²) >= 11 is 0. The van der Waals surface area contributed by atoms with E-state index in [-0.39, 0.29) is 0 Å². The molecule has 6 nitrogen and oxygen atoms in total. The third-order valence-electron chi connectivity index (χ3n) is 2.82. The first kappa shape index (κ1) is 16.8. The van der Waals surface area contributed by atoms with Gasteiger partial charge >= 0.3 is 5.97 Å². The van der Waals surface area contributed by atoms with E-state index in [1.54, 1.807) is 25.1 Å². The fourth-order valence-corrected chi connectivity index (χ4v) is 1.77. The quantitative estimate of drug-likeness (QED) is 0.767. The van der Waals surface area contributed by atoms with Gasteiger partial charge in [0.15, 0.2) is 11.5 Å². The number of carbonyl (C=O) groups excluding carboxylic acids is 1. The summed E-state index contributed by atoms with van der Waals surface area (Å²) < 4.78 is 10.9.